The standard InChI is InChI=1S/C32H30F5N3O4/c1-2-25(21-15-22(32(35,36)37)18-23(33)16-21)29(19-6-9-24(10-7-19)43-14-12-38-31(41)42)20-8-11-27-26(17-20)30(34)39-40(27)28-5-3-4-13-44-28/h6-11,15-18,28,38H,2-5,12-14H2,1H3,(H,41,42). The van der Waals surface area contributed by atoms with Gasteiger partial charge in [0.25, 0.3) is 0 Å². The Morgan fingerprint density at radius 2 is 1.80 bits per heavy atom. The van der Waals surface area contributed by atoms with E-state index < -0.39 is 35.8 Å². The van der Waals surface area contributed by atoms with Crippen molar-refractivity contribution in [1.29, 1.82) is 0 Å². The number of hydrogen-bond acceptors (Lipinski definition) is 4. The van der Waals surface area contributed by atoms with Crippen LogP contribution in [0.15, 0.2) is 60.7 Å². The molecule has 0 bridgehead atoms. The normalized spacial score (nSPS) is 16.1. The van der Waals surface area contributed by atoms with Crippen molar-refractivity contribution in [2.75, 3.05) is 19.8 Å². The van der Waals surface area contributed by atoms with Gasteiger partial charge in [-0.15, -0.1) is 5.10 Å². The molecular formula is C32H30F5N3O4. The molecule has 0 aliphatic carbocycles. The molecule has 0 radical (unpaired) electrons. The van der Waals surface area contributed by atoms with E-state index in [1.165, 1.54) is 4.68 Å². The lowest BCUT2D eigenvalue weighted by Gasteiger charge is -2.23. The summed E-state index contributed by atoms with van der Waals surface area (Å²) in [5.74, 6) is -1.31. The molecule has 3 aromatic carbocycles. The summed E-state index contributed by atoms with van der Waals surface area (Å²) in [5.41, 5.74) is 1.39. The van der Waals surface area contributed by atoms with Crippen molar-refractivity contribution in [1.82, 2.24) is 15.1 Å². The molecule has 1 aliphatic rings. The first kappa shape index (κ1) is 31.0. The maximum absolute atomic E-state index is 15.3. The van der Waals surface area contributed by atoms with Gasteiger partial charge in [0.2, 0.25) is 5.95 Å². The highest BCUT2D eigenvalue weighted by atomic mass is 19.4. The lowest BCUT2D eigenvalue weighted by atomic mass is 9.87. The van der Waals surface area contributed by atoms with Crippen molar-refractivity contribution in [2.45, 2.75) is 45.0 Å². The lowest BCUT2D eigenvalue weighted by molar-refractivity contribution is -0.137. The second-order valence-corrected chi connectivity index (χ2v) is 10.3. The molecule has 2 N–H and O–H groups in total. The number of halogens is 5. The van der Waals surface area contributed by atoms with Crippen molar-refractivity contribution in [3.05, 3.63) is 94.7 Å². The molecule has 1 amide bonds. The Hall–Kier alpha value is -4.45. The first-order valence-electron chi connectivity index (χ1n) is 14.2. The summed E-state index contributed by atoms with van der Waals surface area (Å²) in [6.07, 6.45) is -3.61. The second kappa shape index (κ2) is 13.0. The average molecular weight is 616 g/mol. The van der Waals surface area contributed by atoms with Crippen LogP contribution in [0, 0.1) is 11.8 Å². The molecular weight excluding hydrogens is 585 g/mol. The minimum atomic E-state index is -4.76. The Morgan fingerprint density at radius 3 is 2.45 bits per heavy atom. The molecule has 1 unspecified atom stereocenters. The van der Waals surface area contributed by atoms with E-state index in [1.807, 2.05) is 0 Å². The van der Waals surface area contributed by atoms with Gasteiger partial charge in [-0.25, -0.2) is 13.9 Å². The SMILES string of the molecule is CCC(=C(c1ccc(OCCNC(=O)O)cc1)c1ccc2c(c1)c(F)nn2C1CCCCO1)c1cc(F)cc(C(F)(F)F)c1. The Balaban J connectivity index is 1.63. The molecule has 1 atom stereocenters. The number of rotatable bonds is 9. The molecule has 12 heteroatoms. The topological polar surface area (TPSA) is 85.6 Å². The number of allylic oxidation sites excluding steroid dienone is 1. The van der Waals surface area contributed by atoms with Gasteiger partial charge in [-0.05, 0) is 96.0 Å². The molecule has 1 fully saturated rings. The molecule has 5 rings (SSSR count). The molecule has 1 aromatic heterocycles. The molecule has 0 saturated carbocycles. The zero-order chi connectivity index (χ0) is 31.4. The molecule has 1 saturated heterocycles. The number of carbonyl (C=O) groups is 1. The van der Waals surface area contributed by atoms with Crippen LogP contribution < -0.4 is 10.1 Å². The van der Waals surface area contributed by atoms with Crippen LogP contribution in [-0.2, 0) is 10.9 Å². The number of ether oxygens (including phenoxy) is 2. The van der Waals surface area contributed by atoms with E-state index >= 15 is 4.39 Å². The number of nitrogens with one attached hydrogen (secondary N) is 1. The van der Waals surface area contributed by atoms with Gasteiger partial charge in [-0.1, -0.05) is 25.1 Å². The van der Waals surface area contributed by atoms with Crippen LogP contribution in [0.3, 0.4) is 0 Å². The van der Waals surface area contributed by atoms with E-state index in [-0.39, 0.29) is 30.5 Å². The molecule has 7 nitrogen and oxygen atoms in total. The van der Waals surface area contributed by atoms with E-state index in [0.29, 0.717) is 52.6 Å². The number of aromatic nitrogens is 2. The molecule has 1 aliphatic heterocycles. The van der Waals surface area contributed by atoms with Gasteiger partial charge in [0, 0.05) is 6.61 Å². The monoisotopic (exact) mass is 615 g/mol. The Kier molecular flexibility index (Phi) is 9.19. The maximum Gasteiger partial charge on any atom is 0.416 e. The largest absolute Gasteiger partial charge is 0.492 e. The van der Waals surface area contributed by atoms with Gasteiger partial charge < -0.3 is 19.9 Å². The summed E-state index contributed by atoms with van der Waals surface area (Å²) in [6, 6.07) is 14.1. The Morgan fingerprint density at radius 1 is 1.05 bits per heavy atom. The minimum absolute atomic E-state index is 0.0433. The van der Waals surface area contributed by atoms with E-state index in [9.17, 15) is 22.4 Å². The molecule has 44 heavy (non-hydrogen) atoms. The quantitative estimate of drug-likeness (QED) is 0.113. The van der Waals surface area contributed by atoms with Crippen LogP contribution in [0.4, 0.5) is 26.7 Å². The highest BCUT2D eigenvalue weighted by molar-refractivity contribution is 6.00. The van der Waals surface area contributed by atoms with Gasteiger partial charge in [-0.3, -0.25) is 0 Å². The average Bonchev–Trinajstić information content (AvgIpc) is 3.33. The third-order valence-electron chi connectivity index (χ3n) is 7.40. The number of nitrogens with zero attached hydrogens (tertiary/aromatic N) is 2. The predicted molar refractivity (Wildman–Crippen MR) is 154 cm³/mol. The Labute approximate surface area is 249 Å². The molecule has 232 valence electrons. The van der Waals surface area contributed by atoms with Crippen molar-refractivity contribution in [3.63, 3.8) is 0 Å². The number of carboxylic acid groups (broad SMARTS) is 1. The first-order chi connectivity index (χ1) is 21.0. The van der Waals surface area contributed by atoms with Crippen LogP contribution in [-0.4, -0.2) is 40.7 Å². The van der Waals surface area contributed by atoms with Gasteiger partial charge in [0.05, 0.1) is 23.0 Å². The van der Waals surface area contributed by atoms with Gasteiger partial charge in [-0.2, -0.15) is 17.6 Å². The number of fused-ring (bicyclic) bond motifs is 1. The van der Waals surface area contributed by atoms with E-state index in [1.54, 1.807) is 49.4 Å². The lowest BCUT2D eigenvalue weighted by Crippen LogP contribution is -2.26. The third-order valence-corrected chi connectivity index (χ3v) is 7.40. The second-order valence-electron chi connectivity index (χ2n) is 10.3. The fourth-order valence-corrected chi connectivity index (χ4v) is 5.41. The van der Waals surface area contributed by atoms with E-state index in [2.05, 4.69) is 10.4 Å². The zero-order valence-corrected chi connectivity index (χ0v) is 23.8. The fraction of sp³-hybridized carbons (Fsp3) is 0.312. The highest BCUT2D eigenvalue weighted by Crippen LogP contribution is 2.39. The van der Waals surface area contributed by atoms with E-state index in [0.717, 1.165) is 25.0 Å². The molecule has 0 spiro atoms. The van der Waals surface area contributed by atoms with Crippen LogP contribution in [0.5, 0.6) is 5.75 Å². The number of hydrogen-bond donors (Lipinski definition) is 2. The van der Waals surface area contributed by atoms with Crippen molar-refractivity contribution in [2.24, 2.45) is 0 Å². The summed E-state index contributed by atoms with van der Waals surface area (Å²) < 4.78 is 83.7. The smallest absolute Gasteiger partial charge is 0.416 e. The van der Waals surface area contributed by atoms with Crippen molar-refractivity contribution >= 4 is 28.1 Å². The van der Waals surface area contributed by atoms with Gasteiger partial charge in [0.15, 0.2) is 6.23 Å². The summed E-state index contributed by atoms with van der Waals surface area (Å²) >= 11 is 0. The molecule has 2 heterocycles. The summed E-state index contributed by atoms with van der Waals surface area (Å²) in [7, 11) is 0. The van der Waals surface area contributed by atoms with Gasteiger partial charge in [0.1, 0.15) is 18.2 Å². The Bertz CT molecular complexity index is 1680. The number of amides is 1. The third kappa shape index (κ3) is 6.85. The van der Waals surface area contributed by atoms with Crippen LogP contribution in [0.1, 0.15) is 61.1 Å². The first-order valence-corrected chi connectivity index (χ1v) is 14.2. The maximum atomic E-state index is 15.3. The van der Waals surface area contributed by atoms with Crippen molar-refractivity contribution in [3.8, 4) is 5.75 Å². The number of alkyl halides is 3. The van der Waals surface area contributed by atoms with Crippen LogP contribution in [0.2, 0.25) is 0 Å². The van der Waals surface area contributed by atoms with Crippen LogP contribution >= 0.6 is 0 Å². The van der Waals surface area contributed by atoms with E-state index in [4.69, 9.17) is 14.6 Å². The molecule has 4 aromatic rings. The van der Waals surface area contributed by atoms with Crippen LogP contribution in [0.25, 0.3) is 22.0 Å². The fourth-order valence-electron chi connectivity index (χ4n) is 5.41. The number of benzene rings is 3. The predicted octanol–water partition coefficient (Wildman–Crippen LogP) is 8.05. The zero-order valence-electron chi connectivity index (χ0n) is 23.8. The minimum Gasteiger partial charge on any atom is -0.492 e. The highest BCUT2D eigenvalue weighted by Gasteiger charge is 2.32. The van der Waals surface area contributed by atoms with Crippen molar-refractivity contribution < 1.29 is 41.3 Å². The summed E-state index contributed by atoms with van der Waals surface area (Å²) in [5, 5.41) is 15.2. The summed E-state index contributed by atoms with van der Waals surface area (Å²) in [4.78, 5) is 10.7. The summed E-state index contributed by atoms with van der Waals surface area (Å²) in [6.45, 7) is 2.43. The van der Waals surface area contributed by atoms with Gasteiger partial charge >= 0.3 is 12.3 Å².